The molecule has 0 aromatic carbocycles. The van der Waals surface area contributed by atoms with Gasteiger partial charge in [-0.2, -0.15) is 0 Å². The van der Waals surface area contributed by atoms with Crippen molar-refractivity contribution in [3.05, 3.63) is 0 Å². The SMILES string of the molecule is CNC(=O)O[C@H]1CN2CCC[C@@]2(CC(C)C)C1. The van der Waals surface area contributed by atoms with Gasteiger partial charge in [0.1, 0.15) is 6.10 Å². The number of amides is 1. The highest BCUT2D eigenvalue weighted by Crippen LogP contribution is 2.43. The van der Waals surface area contributed by atoms with Crippen LogP contribution in [0.1, 0.15) is 39.5 Å². The number of hydrogen-bond acceptors (Lipinski definition) is 3. The summed E-state index contributed by atoms with van der Waals surface area (Å²) < 4.78 is 5.41. The van der Waals surface area contributed by atoms with Crippen LogP contribution in [-0.4, -0.2) is 42.8 Å². The number of nitrogens with zero attached hydrogens (tertiary/aromatic N) is 1. The van der Waals surface area contributed by atoms with Crippen LogP contribution in [0.3, 0.4) is 0 Å². The van der Waals surface area contributed by atoms with Crippen LogP contribution in [0, 0.1) is 5.92 Å². The standard InChI is InChI=1S/C13H24N2O2/c1-10(2)7-13-5-4-6-15(13)9-11(8-13)17-12(16)14-3/h10-11H,4-9H2,1-3H3,(H,14,16)/t11-,13-/m1/s1. The summed E-state index contributed by atoms with van der Waals surface area (Å²) in [4.78, 5) is 13.8. The number of rotatable bonds is 3. The molecule has 0 spiro atoms. The van der Waals surface area contributed by atoms with E-state index in [1.165, 1.54) is 25.8 Å². The van der Waals surface area contributed by atoms with Crippen LogP contribution in [0.2, 0.25) is 0 Å². The van der Waals surface area contributed by atoms with E-state index in [-0.39, 0.29) is 12.2 Å². The second kappa shape index (κ2) is 4.84. The monoisotopic (exact) mass is 240 g/mol. The largest absolute Gasteiger partial charge is 0.445 e. The van der Waals surface area contributed by atoms with E-state index in [1.807, 2.05) is 0 Å². The minimum absolute atomic E-state index is 0.0778. The minimum atomic E-state index is -0.295. The molecular weight excluding hydrogens is 216 g/mol. The van der Waals surface area contributed by atoms with Crippen molar-refractivity contribution >= 4 is 6.09 Å². The molecule has 17 heavy (non-hydrogen) atoms. The lowest BCUT2D eigenvalue weighted by molar-refractivity contribution is 0.102. The van der Waals surface area contributed by atoms with Crippen molar-refractivity contribution < 1.29 is 9.53 Å². The second-order valence-corrected chi connectivity index (χ2v) is 5.85. The Bertz CT molecular complexity index is 293. The van der Waals surface area contributed by atoms with Gasteiger partial charge in [-0.3, -0.25) is 4.90 Å². The maximum atomic E-state index is 11.3. The zero-order valence-corrected chi connectivity index (χ0v) is 11.2. The normalized spacial score (nSPS) is 32.8. The predicted molar refractivity (Wildman–Crippen MR) is 66.9 cm³/mol. The first kappa shape index (κ1) is 12.7. The number of hydrogen-bond donors (Lipinski definition) is 1. The third-order valence-electron chi connectivity index (χ3n) is 4.04. The third kappa shape index (κ3) is 2.57. The van der Waals surface area contributed by atoms with E-state index in [9.17, 15) is 4.79 Å². The molecule has 0 aliphatic carbocycles. The molecule has 2 atom stereocenters. The van der Waals surface area contributed by atoms with Crippen molar-refractivity contribution in [3.8, 4) is 0 Å². The topological polar surface area (TPSA) is 41.6 Å². The van der Waals surface area contributed by atoms with Gasteiger partial charge in [0.25, 0.3) is 0 Å². The Morgan fingerprint density at radius 1 is 1.59 bits per heavy atom. The highest BCUT2D eigenvalue weighted by Gasteiger charge is 2.49. The predicted octanol–water partition coefficient (Wildman–Crippen LogP) is 2.00. The molecule has 4 heteroatoms. The van der Waals surface area contributed by atoms with Crippen LogP contribution in [0.4, 0.5) is 4.79 Å². The summed E-state index contributed by atoms with van der Waals surface area (Å²) in [5.74, 6) is 0.703. The molecule has 2 saturated heterocycles. The molecule has 0 unspecified atom stereocenters. The number of nitrogens with one attached hydrogen (secondary N) is 1. The molecule has 0 aromatic rings. The maximum absolute atomic E-state index is 11.3. The Balaban J connectivity index is 1.99. The molecule has 2 rings (SSSR count). The highest BCUT2D eigenvalue weighted by molar-refractivity contribution is 5.66. The molecule has 2 fully saturated rings. The van der Waals surface area contributed by atoms with Gasteiger partial charge in [0.05, 0.1) is 0 Å². The van der Waals surface area contributed by atoms with Gasteiger partial charge >= 0.3 is 6.09 Å². The van der Waals surface area contributed by atoms with Gasteiger partial charge in [0, 0.05) is 25.6 Å². The fourth-order valence-corrected chi connectivity index (χ4v) is 3.61. The number of carbonyl (C=O) groups excluding carboxylic acids is 1. The summed E-state index contributed by atoms with van der Waals surface area (Å²) in [6, 6.07) is 0. The maximum Gasteiger partial charge on any atom is 0.407 e. The van der Waals surface area contributed by atoms with Crippen LogP contribution in [-0.2, 0) is 4.74 Å². The summed E-state index contributed by atoms with van der Waals surface area (Å²) in [7, 11) is 1.61. The first-order valence-electron chi connectivity index (χ1n) is 6.69. The lowest BCUT2D eigenvalue weighted by Gasteiger charge is -2.33. The average molecular weight is 240 g/mol. The highest BCUT2D eigenvalue weighted by atomic mass is 16.6. The van der Waals surface area contributed by atoms with Crippen molar-refractivity contribution in [2.75, 3.05) is 20.1 Å². The molecule has 0 aromatic heterocycles. The molecule has 1 N–H and O–H groups in total. The molecule has 0 radical (unpaired) electrons. The fraction of sp³-hybridized carbons (Fsp3) is 0.923. The van der Waals surface area contributed by atoms with Crippen LogP contribution in [0.25, 0.3) is 0 Å². The number of fused-ring (bicyclic) bond motifs is 1. The van der Waals surface area contributed by atoms with Gasteiger partial charge in [-0.05, 0) is 31.7 Å². The van der Waals surface area contributed by atoms with E-state index in [0.717, 1.165) is 13.0 Å². The van der Waals surface area contributed by atoms with Crippen molar-refractivity contribution in [2.24, 2.45) is 5.92 Å². The lowest BCUT2D eigenvalue weighted by Crippen LogP contribution is -2.39. The molecule has 4 nitrogen and oxygen atoms in total. The summed E-state index contributed by atoms with van der Waals surface area (Å²) in [6.07, 6.45) is 4.57. The Kier molecular flexibility index (Phi) is 3.61. The number of carbonyl (C=O) groups is 1. The summed E-state index contributed by atoms with van der Waals surface area (Å²) in [5, 5.41) is 2.53. The van der Waals surface area contributed by atoms with Gasteiger partial charge in [0.2, 0.25) is 0 Å². The molecule has 2 heterocycles. The zero-order chi connectivity index (χ0) is 12.5. The minimum Gasteiger partial charge on any atom is -0.445 e. The molecule has 2 aliphatic heterocycles. The number of ether oxygens (including phenoxy) is 1. The molecule has 2 aliphatic rings. The van der Waals surface area contributed by atoms with Crippen LogP contribution < -0.4 is 5.32 Å². The van der Waals surface area contributed by atoms with Crippen molar-refractivity contribution in [1.82, 2.24) is 10.2 Å². The lowest BCUT2D eigenvalue weighted by atomic mass is 9.85. The molecular formula is C13H24N2O2. The number of alkyl carbamates (subject to hydrolysis) is 1. The first-order valence-corrected chi connectivity index (χ1v) is 6.69. The zero-order valence-electron chi connectivity index (χ0n) is 11.2. The third-order valence-corrected chi connectivity index (χ3v) is 4.04. The van der Waals surface area contributed by atoms with Crippen LogP contribution in [0.15, 0.2) is 0 Å². The van der Waals surface area contributed by atoms with Gasteiger partial charge < -0.3 is 10.1 Å². The van der Waals surface area contributed by atoms with Gasteiger partial charge in [0.15, 0.2) is 0 Å². The van der Waals surface area contributed by atoms with Crippen LogP contribution >= 0.6 is 0 Å². The van der Waals surface area contributed by atoms with E-state index in [0.29, 0.717) is 11.5 Å². The van der Waals surface area contributed by atoms with Crippen molar-refractivity contribution in [2.45, 2.75) is 51.2 Å². The summed E-state index contributed by atoms with van der Waals surface area (Å²) >= 11 is 0. The van der Waals surface area contributed by atoms with E-state index < -0.39 is 0 Å². The van der Waals surface area contributed by atoms with E-state index in [1.54, 1.807) is 7.05 Å². The average Bonchev–Trinajstić information content (AvgIpc) is 2.72. The van der Waals surface area contributed by atoms with E-state index in [2.05, 4.69) is 24.1 Å². The second-order valence-electron chi connectivity index (χ2n) is 5.85. The Morgan fingerprint density at radius 2 is 2.35 bits per heavy atom. The Morgan fingerprint density at radius 3 is 3.00 bits per heavy atom. The van der Waals surface area contributed by atoms with Crippen molar-refractivity contribution in [1.29, 1.82) is 0 Å². The molecule has 0 saturated carbocycles. The Labute approximate surface area is 104 Å². The fourth-order valence-electron chi connectivity index (χ4n) is 3.61. The van der Waals surface area contributed by atoms with E-state index in [4.69, 9.17) is 4.74 Å². The summed E-state index contributed by atoms with van der Waals surface area (Å²) in [6.45, 7) is 6.64. The van der Waals surface area contributed by atoms with Gasteiger partial charge in [-0.25, -0.2) is 4.79 Å². The van der Waals surface area contributed by atoms with Gasteiger partial charge in [-0.15, -0.1) is 0 Å². The van der Waals surface area contributed by atoms with Crippen LogP contribution in [0.5, 0.6) is 0 Å². The quantitative estimate of drug-likeness (QED) is 0.820. The summed E-state index contributed by atoms with van der Waals surface area (Å²) in [5.41, 5.74) is 0.312. The van der Waals surface area contributed by atoms with Crippen molar-refractivity contribution in [3.63, 3.8) is 0 Å². The molecule has 1 amide bonds. The van der Waals surface area contributed by atoms with Gasteiger partial charge in [-0.1, -0.05) is 13.8 Å². The molecule has 0 bridgehead atoms. The van der Waals surface area contributed by atoms with E-state index >= 15 is 0 Å². The smallest absolute Gasteiger partial charge is 0.407 e. The first-order chi connectivity index (χ1) is 8.05. The Hall–Kier alpha value is -0.770. The molecule has 98 valence electrons.